The molecule has 4 rings (SSSR count). The van der Waals surface area contributed by atoms with Crippen molar-refractivity contribution in [1.82, 2.24) is 25.1 Å². The number of aromatic amines is 1. The lowest BCUT2D eigenvalue weighted by atomic mass is 10.0. The van der Waals surface area contributed by atoms with Gasteiger partial charge in [0.25, 0.3) is 5.91 Å². The van der Waals surface area contributed by atoms with Crippen molar-refractivity contribution in [2.24, 2.45) is 13.0 Å². The van der Waals surface area contributed by atoms with E-state index >= 15 is 0 Å². The summed E-state index contributed by atoms with van der Waals surface area (Å²) in [7, 11) is 3.59. The predicted octanol–water partition coefficient (Wildman–Crippen LogP) is 4.10. The number of hydrogen-bond acceptors (Lipinski definition) is 4. The fourth-order valence-corrected chi connectivity index (χ4v) is 3.62. The van der Waals surface area contributed by atoms with Gasteiger partial charge in [-0.2, -0.15) is 5.10 Å². The Morgan fingerprint density at radius 2 is 1.87 bits per heavy atom. The van der Waals surface area contributed by atoms with Crippen LogP contribution in [0.25, 0.3) is 22.3 Å². The summed E-state index contributed by atoms with van der Waals surface area (Å²) >= 11 is 0. The summed E-state index contributed by atoms with van der Waals surface area (Å²) in [6, 6.07) is 17.0. The number of nitrogens with zero attached hydrogens (tertiary/aromatic N) is 3. The van der Waals surface area contributed by atoms with Crippen LogP contribution in [-0.4, -0.2) is 32.8 Å². The molecule has 154 valence electrons. The molecule has 1 amide bonds. The van der Waals surface area contributed by atoms with Crippen LogP contribution < -0.4 is 10.1 Å². The number of H-pyrrole nitrogens is 1. The van der Waals surface area contributed by atoms with Gasteiger partial charge in [0.15, 0.2) is 0 Å². The first-order chi connectivity index (χ1) is 14.5. The number of hydrogen-bond donors (Lipinski definition) is 2. The highest BCUT2D eigenvalue weighted by atomic mass is 16.5. The SMILES string of the molecule is COc1ccccc1-c1cc(C(=O)N[C@H](c2nc3ccccc3n2C)C(C)C)[nH]n1. The second kappa shape index (κ2) is 8.02. The Balaban J connectivity index is 1.61. The first-order valence-corrected chi connectivity index (χ1v) is 9.90. The molecule has 0 bridgehead atoms. The highest BCUT2D eigenvalue weighted by molar-refractivity contribution is 5.94. The van der Waals surface area contributed by atoms with E-state index in [0.29, 0.717) is 17.1 Å². The molecule has 2 aromatic heterocycles. The Bertz CT molecular complexity index is 1190. The molecule has 0 unspecified atom stereocenters. The number of nitrogens with one attached hydrogen (secondary N) is 2. The summed E-state index contributed by atoms with van der Waals surface area (Å²) in [4.78, 5) is 17.8. The molecular formula is C23H25N5O2. The fourth-order valence-electron chi connectivity index (χ4n) is 3.62. The molecule has 0 aliphatic heterocycles. The number of fused-ring (bicyclic) bond motifs is 1. The molecule has 0 aliphatic carbocycles. The second-order valence-electron chi connectivity index (χ2n) is 7.58. The molecule has 0 fully saturated rings. The van der Waals surface area contributed by atoms with Gasteiger partial charge in [0, 0.05) is 12.6 Å². The Morgan fingerprint density at radius 3 is 2.60 bits per heavy atom. The standard InChI is InChI=1S/C23H25N5O2/c1-14(2)21(22-24-16-10-6-7-11-19(16)28(22)3)25-23(29)18-13-17(26-27-18)15-9-5-8-12-20(15)30-4/h5-14,21H,1-4H3,(H,25,29)(H,26,27)/t21-/m0/s1. The van der Waals surface area contributed by atoms with E-state index in [-0.39, 0.29) is 17.9 Å². The number of carbonyl (C=O) groups is 1. The van der Waals surface area contributed by atoms with E-state index in [9.17, 15) is 4.79 Å². The van der Waals surface area contributed by atoms with Crippen molar-refractivity contribution in [3.63, 3.8) is 0 Å². The topological polar surface area (TPSA) is 84.8 Å². The van der Waals surface area contributed by atoms with Crippen molar-refractivity contribution in [3.8, 4) is 17.0 Å². The fraction of sp³-hybridized carbons (Fsp3) is 0.261. The maximum Gasteiger partial charge on any atom is 0.269 e. The van der Waals surface area contributed by atoms with Gasteiger partial charge in [0.1, 0.15) is 17.3 Å². The lowest BCUT2D eigenvalue weighted by molar-refractivity contribution is 0.0917. The van der Waals surface area contributed by atoms with Crippen molar-refractivity contribution in [3.05, 3.63) is 66.1 Å². The summed E-state index contributed by atoms with van der Waals surface area (Å²) in [5.41, 5.74) is 3.81. The van der Waals surface area contributed by atoms with Gasteiger partial charge in [-0.1, -0.05) is 38.1 Å². The van der Waals surface area contributed by atoms with Crippen molar-refractivity contribution >= 4 is 16.9 Å². The quantitative estimate of drug-likeness (QED) is 0.508. The van der Waals surface area contributed by atoms with Crippen LogP contribution in [0, 0.1) is 5.92 Å². The number of rotatable bonds is 6. The summed E-state index contributed by atoms with van der Waals surface area (Å²) < 4.78 is 7.44. The lowest BCUT2D eigenvalue weighted by Crippen LogP contribution is -2.33. The van der Waals surface area contributed by atoms with Crippen LogP contribution in [-0.2, 0) is 7.05 Å². The van der Waals surface area contributed by atoms with Gasteiger partial charge in [-0.25, -0.2) is 4.98 Å². The molecule has 7 heteroatoms. The molecule has 0 saturated carbocycles. The molecule has 30 heavy (non-hydrogen) atoms. The van der Waals surface area contributed by atoms with Crippen molar-refractivity contribution in [2.75, 3.05) is 7.11 Å². The van der Waals surface area contributed by atoms with E-state index in [4.69, 9.17) is 9.72 Å². The number of benzene rings is 2. The van der Waals surface area contributed by atoms with Crippen LogP contribution in [0.15, 0.2) is 54.6 Å². The second-order valence-corrected chi connectivity index (χ2v) is 7.58. The average molecular weight is 403 g/mol. The van der Waals surface area contributed by atoms with Crippen molar-refractivity contribution in [2.45, 2.75) is 19.9 Å². The zero-order valence-corrected chi connectivity index (χ0v) is 17.5. The van der Waals surface area contributed by atoms with E-state index in [1.807, 2.05) is 60.1 Å². The summed E-state index contributed by atoms with van der Waals surface area (Å²) in [6.07, 6.45) is 0. The molecule has 0 aliphatic rings. The highest BCUT2D eigenvalue weighted by Crippen LogP contribution is 2.29. The molecule has 2 heterocycles. The van der Waals surface area contributed by atoms with Crippen LogP contribution in [0.5, 0.6) is 5.75 Å². The van der Waals surface area contributed by atoms with Gasteiger partial charge >= 0.3 is 0 Å². The summed E-state index contributed by atoms with van der Waals surface area (Å²) in [6.45, 7) is 4.13. The van der Waals surface area contributed by atoms with Gasteiger partial charge < -0.3 is 14.6 Å². The van der Waals surface area contributed by atoms with Crippen LogP contribution >= 0.6 is 0 Å². The van der Waals surface area contributed by atoms with Crippen LogP contribution in [0.4, 0.5) is 0 Å². The zero-order chi connectivity index (χ0) is 21.3. The van der Waals surface area contributed by atoms with E-state index < -0.39 is 0 Å². The largest absolute Gasteiger partial charge is 0.496 e. The predicted molar refractivity (Wildman–Crippen MR) is 116 cm³/mol. The summed E-state index contributed by atoms with van der Waals surface area (Å²) in [5, 5.41) is 10.3. The molecule has 2 N–H and O–H groups in total. The minimum absolute atomic E-state index is 0.154. The number of methoxy groups -OCH3 is 1. The highest BCUT2D eigenvalue weighted by Gasteiger charge is 2.25. The van der Waals surface area contributed by atoms with E-state index in [2.05, 4.69) is 29.4 Å². The lowest BCUT2D eigenvalue weighted by Gasteiger charge is -2.21. The minimum Gasteiger partial charge on any atom is -0.496 e. The van der Waals surface area contributed by atoms with Gasteiger partial charge in [-0.15, -0.1) is 0 Å². The van der Waals surface area contributed by atoms with Gasteiger partial charge in [0.2, 0.25) is 0 Å². The van der Waals surface area contributed by atoms with Gasteiger partial charge in [0.05, 0.1) is 29.9 Å². The number of para-hydroxylation sites is 3. The smallest absolute Gasteiger partial charge is 0.269 e. The Morgan fingerprint density at radius 1 is 1.13 bits per heavy atom. The zero-order valence-electron chi connectivity index (χ0n) is 17.5. The molecule has 7 nitrogen and oxygen atoms in total. The molecule has 0 saturated heterocycles. The number of ether oxygens (including phenoxy) is 1. The normalized spacial score (nSPS) is 12.3. The number of aryl methyl sites for hydroxylation is 1. The summed E-state index contributed by atoms with van der Waals surface area (Å²) in [5.74, 6) is 1.45. The average Bonchev–Trinajstić information content (AvgIpc) is 3.37. The third kappa shape index (κ3) is 3.54. The van der Waals surface area contributed by atoms with Crippen molar-refractivity contribution in [1.29, 1.82) is 0 Å². The third-order valence-electron chi connectivity index (χ3n) is 5.26. The van der Waals surface area contributed by atoms with Crippen molar-refractivity contribution < 1.29 is 9.53 Å². The van der Waals surface area contributed by atoms with Crippen LogP contribution in [0.1, 0.15) is 36.2 Å². The maximum atomic E-state index is 13.0. The number of aromatic nitrogens is 4. The minimum atomic E-state index is -0.243. The molecule has 1 atom stereocenters. The maximum absolute atomic E-state index is 13.0. The van der Waals surface area contributed by atoms with E-state index in [1.165, 1.54) is 0 Å². The molecule has 4 aromatic rings. The Labute approximate surface area is 175 Å². The molecule has 0 spiro atoms. The first kappa shape index (κ1) is 19.7. The number of imidazole rings is 1. The third-order valence-corrected chi connectivity index (χ3v) is 5.26. The monoisotopic (exact) mass is 403 g/mol. The number of carbonyl (C=O) groups excluding carboxylic acids is 1. The molecular weight excluding hydrogens is 378 g/mol. The Hall–Kier alpha value is -3.61. The molecule has 0 radical (unpaired) electrons. The van der Waals surface area contributed by atoms with E-state index in [1.54, 1.807) is 13.2 Å². The number of amides is 1. The van der Waals surface area contributed by atoms with Gasteiger partial charge in [-0.05, 0) is 36.2 Å². The molecule has 2 aromatic carbocycles. The van der Waals surface area contributed by atoms with Crippen LogP contribution in [0.2, 0.25) is 0 Å². The first-order valence-electron chi connectivity index (χ1n) is 9.90. The van der Waals surface area contributed by atoms with Crippen LogP contribution in [0.3, 0.4) is 0 Å². The Kier molecular flexibility index (Phi) is 5.27. The van der Waals surface area contributed by atoms with E-state index in [0.717, 1.165) is 22.4 Å². The van der Waals surface area contributed by atoms with Gasteiger partial charge in [-0.3, -0.25) is 9.89 Å².